The first-order chi connectivity index (χ1) is 14.9. The number of benzene rings is 3. The van der Waals surface area contributed by atoms with Crippen LogP contribution in [0.5, 0.6) is 0 Å². The number of hydrogen-bond donors (Lipinski definition) is 0. The molecule has 154 valence electrons. The zero-order valence-corrected chi connectivity index (χ0v) is 17.9. The van der Waals surface area contributed by atoms with Gasteiger partial charge in [-0.1, -0.05) is 41.4 Å². The largest absolute Gasteiger partial charge is 0.315 e. The van der Waals surface area contributed by atoms with Crippen LogP contribution in [0.1, 0.15) is 22.9 Å². The van der Waals surface area contributed by atoms with E-state index in [9.17, 15) is 9.59 Å². The second-order valence-corrected chi connectivity index (χ2v) is 8.31. The van der Waals surface area contributed by atoms with Crippen LogP contribution >= 0.6 is 11.6 Å². The number of aryl methyl sites for hydroxylation is 1. The molecule has 0 bridgehead atoms. The predicted molar refractivity (Wildman–Crippen MR) is 123 cm³/mol. The number of fused-ring (bicyclic) bond motifs is 2. The molecule has 1 amide bonds. The molecule has 0 saturated heterocycles. The van der Waals surface area contributed by atoms with E-state index in [1.807, 2.05) is 43.3 Å². The van der Waals surface area contributed by atoms with E-state index in [0.717, 1.165) is 16.8 Å². The number of carbonyl (C=O) groups excluding carboxylic acids is 1. The van der Waals surface area contributed by atoms with Crippen molar-refractivity contribution >= 4 is 34.1 Å². The second-order valence-electron chi connectivity index (χ2n) is 7.88. The van der Waals surface area contributed by atoms with Gasteiger partial charge in [-0.25, -0.2) is 4.98 Å². The average molecular weight is 430 g/mol. The van der Waals surface area contributed by atoms with Gasteiger partial charge in [-0.15, -0.1) is 0 Å². The monoisotopic (exact) mass is 429 g/mol. The topological polar surface area (TPSA) is 55.2 Å². The fourth-order valence-electron chi connectivity index (χ4n) is 4.30. The Morgan fingerprint density at radius 3 is 2.52 bits per heavy atom. The molecule has 0 N–H and O–H groups in total. The molecule has 5 nitrogen and oxygen atoms in total. The summed E-state index contributed by atoms with van der Waals surface area (Å²) in [5.74, 6) is 0.157. The maximum absolute atomic E-state index is 13.4. The van der Waals surface area contributed by atoms with Gasteiger partial charge >= 0.3 is 0 Å². The molecule has 31 heavy (non-hydrogen) atoms. The van der Waals surface area contributed by atoms with Gasteiger partial charge in [0.1, 0.15) is 5.82 Å². The molecule has 0 saturated carbocycles. The molecular formula is C25H20ClN3O2. The molecule has 0 radical (unpaired) electrons. The SMILES string of the molecule is Cc1ccc2c(c1)[C@H](Cc1nc3ccccc3c(=O)n1-c1ccc(Cl)cc1)C(=O)N2C. The third-order valence-corrected chi connectivity index (χ3v) is 6.12. The summed E-state index contributed by atoms with van der Waals surface area (Å²) >= 11 is 6.06. The Balaban J connectivity index is 1.71. The number of aromatic nitrogens is 2. The lowest BCUT2D eigenvalue weighted by atomic mass is 9.95. The van der Waals surface area contributed by atoms with Crippen LogP contribution < -0.4 is 10.5 Å². The minimum absolute atomic E-state index is 0.00524. The smallest absolute Gasteiger partial charge is 0.265 e. The quantitative estimate of drug-likeness (QED) is 0.476. The van der Waals surface area contributed by atoms with Crippen molar-refractivity contribution in [3.63, 3.8) is 0 Å². The summed E-state index contributed by atoms with van der Waals surface area (Å²) < 4.78 is 1.60. The summed E-state index contributed by atoms with van der Waals surface area (Å²) in [6.45, 7) is 2.01. The van der Waals surface area contributed by atoms with Crippen LogP contribution in [-0.2, 0) is 11.2 Å². The van der Waals surface area contributed by atoms with Crippen LogP contribution in [0.4, 0.5) is 5.69 Å². The van der Waals surface area contributed by atoms with E-state index in [1.165, 1.54) is 0 Å². The van der Waals surface area contributed by atoms with E-state index in [2.05, 4.69) is 0 Å². The van der Waals surface area contributed by atoms with Gasteiger partial charge < -0.3 is 4.90 Å². The third kappa shape index (κ3) is 3.22. The Bertz CT molecular complexity index is 1390. The van der Waals surface area contributed by atoms with Crippen molar-refractivity contribution in [2.75, 3.05) is 11.9 Å². The van der Waals surface area contributed by atoms with Gasteiger partial charge in [0.2, 0.25) is 5.91 Å². The van der Waals surface area contributed by atoms with Gasteiger partial charge in [0, 0.05) is 24.2 Å². The van der Waals surface area contributed by atoms with Gasteiger partial charge in [0.25, 0.3) is 5.56 Å². The van der Waals surface area contributed by atoms with Gasteiger partial charge in [-0.3, -0.25) is 14.2 Å². The molecule has 5 rings (SSSR count). The highest BCUT2D eigenvalue weighted by atomic mass is 35.5. The fourth-order valence-corrected chi connectivity index (χ4v) is 4.42. The van der Waals surface area contributed by atoms with Crippen molar-refractivity contribution in [3.8, 4) is 5.69 Å². The standard InChI is InChI=1S/C25H20ClN3O2/c1-15-7-12-22-19(13-15)20(24(30)28(22)2)14-23-27-21-6-4-3-5-18(21)25(31)29(23)17-10-8-16(26)9-11-17/h3-13,20H,14H2,1-2H3/t20-/m0/s1. The molecule has 6 heteroatoms. The maximum Gasteiger partial charge on any atom is 0.265 e. The summed E-state index contributed by atoms with van der Waals surface area (Å²) in [5.41, 5.74) is 4.10. The molecule has 0 unspecified atom stereocenters. The van der Waals surface area contributed by atoms with E-state index in [-0.39, 0.29) is 11.5 Å². The van der Waals surface area contributed by atoms with E-state index >= 15 is 0 Å². The number of carbonyl (C=O) groups is 1. The first-order valence-electron chi connectivity index (χ1n) is 10.1. The van der Waals surface area contributed by atoms with Crippen LogP contribution in [0.2, 0.25) is 5.02 Å². The molecule has 1 aliphatic rings. The van der Waals surface area contributed by atoms with E-state index in [4.69, 9.17) is 16.6 Å². The number of anilines is 1. The number of hydrogen-bond acceptors (Lipinski definition) is 3. The Morgan fingerprint density at radius 1 is 1.00 bits per heavy atom. The molecule has 1 atom stereocenters. The van der Waals surface area contributed by atoms with Crippen LogP contribution in [-0.4, -0.2) is 22.5 Å². The number of likely N-dealkylation sites (N-methyl/N-ethyl adjacent to an activating group) is 1. The molecular weight excluding hydrogens is 410 g/mol. The highest BCUT2D eigenvalue weighted by Crippen LogP contribution is 2.38. The minimum atomic E-state index is -0.397. The zero-order chi connectivity index (χ0) is 21.7. The van der Waals surface area contributed by atoms with Crippen LogP contribution in [0.25, 0.3) is 16.6 Å². The molecule has 0 aliphatic carbocycles. The molecule has 1 aromatic heterocycles. The number of nitrogens with zero attached hydrogens (tertiary/aromatic N) is 3. The number of amides is 1. The lowest BCUT2D eigenvalue weighted by Crippen LogP contribution is -2.29. The Kier molecular flexibility index (Phi) is 4.63. The van der Waals surface area contributed by atoms with Crippen molar-refractivity contribution in [1.82, 2.24) is 9.55 Å². The number of para-hydroxylation sites is 1. The lowest BCUT2D eigenvalue weighted by molar-refractivity contribution is -0.119. The van der Waals surface area contributed by atoms with Gasteiger partial charge in [0.15, 0.2) is 0 Å². The van der Waals surface area contributed by atoms with Crippen molar-refractivity contribution in [3.05, 3.63) is 99.1 Å². The highest BCUT2D eigenvalue weighted by Gasteiger charge is 2.36. The molecule has 0 fully saturated rings. The van der Waals surface area contributed by atoms with E-state index < -0.39 is 5.92 Å². The molecule has 4 aromatic rings. The maximum atomic E-state index is 13.4. The van der Waals surface area contributed by atoms with Gasteiger partial charge in [-0.05, 0) is 55.0 Å². The molecule has 0 spiro atoms. The summed E-state index contributed by atoms with van der Waals surface area (Å²) in [4.78, 5) is 33.1. The first-order valence-corrected chi connectivity index (χ1v) is 10.5. The summed E-state index contributed by atoms with van der Waals surface area (Å²) in [5, 5.41) is 1.12. The lowest BCUT2D eigenvalue weighted by Gasteiger charge is -2.17. The minimum Gasteiger partial charge on any atom is -0.315 e. The predicted octanol–water partition coefficient (Wildman–Crippen LogP) is 4.65. The zero-order valence-electron chi connectivity index (χ0n) is 17.2. The van der Waals surface area contributed by atoms with Crippen molar-refractivity contribution < 1.29 is 4.79 Å². The molecule has 1 aliphatic heterocycles. The van der Waals surface area contributed by atoms with Crippen molar-refractivity contribution in [2.45, 2.75) is 19.3 Å². The summed E-state index contributed by atoms with van der Waals surface area (Å²) in [7, 11) is 1.79. The average Bonchev–Trinajstić information content (AvgIpc) is 2.99. The van der Waals surface area contributed by atoms with E-state index in [0.29, 0.717) is 33.9 Å². The normalized spacial score (nSPS) is 15.5. The Labute approximate surface area is 184 Å². The molecule has 2 heterocycles. The van der Waals surface area contributed by atoms with Crippen molar-refractivity contribution in [1.29, 1.82) is 0 Å². The number of rotatable bonds is 3. The van der Waals surface area contributed by atoms with Crippen molar-refractivity contribution in [2.24, 2.45) is 0 Å². The third-order valence-electron chi connectivity index (χ3n) is 5.87. The Hall–Kier alpha value is -3.44. The Morgan fingerprint density at radius 2 is 1.74 bits per heavy atom. The second kappa shape index (κ2) is 7.36. The van der Waals surface area contributed by atoms with E-state index in [1.54, 1.807) is 46.8 Å². The van der Waals surface area contributed by atoms with Gasteiger partial charge in [-0.2, -0.15) is 0 Å². The van der Waals surface area contributed by atoms with Crippen LogP contribution in [0.3, 0.4) is 0 Å². The van der Waals surface area contributed by atoms with Crippen LogP contribution in [0.15, 0.2) is 71.5 Å². The highest BCUT2D eigenvalue weighted by molar-refractivity contribution is 6.30. The fraction of sp³-hybridized carbons (Fsp3) is 0.160. The number of halogens is 1. The summed E-state index contributed by atoms with van der Waals surface area (Å²) in [6.07, 6.45) is 0.322. The van der Waals surface area contributed by atoms with Crippen LogP contribution in [0, 0.1) is 6.92 Å². The summed E-state index contributed by atoms with van der Waals surface area (Å²) in [6, 6.07) is 20.4. The first kappa shape index (κ1) is 19.5. The van der Waals surface area contributed by atoms with Gasteiger partial charge in [0.05, 0.1) is 22.5 Å². The molecule has 3 aromatic carbocycles.